The molecule has 4 rings (SSSR count). The van der Waals surface area contributed by atoms with Gasteiger partial charge in [0.15, 0.2) is 0 Å². The number of nitro groups is 1. The van der Waals surface area contributed by atoms with Crippen molar-refractivity contribution in [3.8, 4) is 11.3 Å². The number of fused-ring (bicyclic) bond motifs is 2. The van der Waals surface area contributed by atoms with Crippen molar-refractivity contribution in [1.82, 2.24) is 9.38 Å². The predicted molar refractivity (Wildman–Crippen MR) is 95.8 cm³/mol. The van der Waals surface area contributed by atoms with E-state index in [0.717, 1.165) is 5.56 Å². The average Bonchev–Trinajstić information content (AvgIpc) is 3.05. The van der Waals surface area contributed by atoms with Gasteiger partial charge in [-0.1, -0.05) is 11.6 Å². The van der Waals surface area contributed by atoms with Crippen LogP contribution < -0.4 is 5.56 Å². The zero-order valence-corrected chi connectivity index (χ0v) is 13.3. The van der Waals surface area contributed by atoms with Crippen LogP contribution in [0.1, 0.15) is 5.56 Å². The second kappa shape index (κ2) is 5.52. The Labute approximate surface area is 142 Å². The number of non-ortho nitro benzene ring substituents is 1. The summed E-state index contributed by atoms with van der Waals surface area (Å²) < 4.78 is 1.56. The SMILES string of the molecule is Cc1ccc2nc(-c3ccc([N+](=O)[O-])cc3)c3cccn3c(=O)c2c1. The normalized spacial score (nSPS) is 11.1. The van der Waals surface area contributed by atoms with Crippen LogP contribution in [0.3, 0.4) is 0 Å². The predicted octanol–water partition coefficient (Wildman–Crippen LogP) is 3.73. The minimum Gasteiger partial charge on any atom is -0.282 e. The third-order valence-corrected chi connectivity index (χ3v) is 4.18. The molecule has 0 N–H and O–H groups in total. The lowest BCUT2D eigenvalue weighted by Crippen LogP contribution is -2.08. The van der Waals surface area contributed by atoms with Crippen LogP contribution in [-0.4, -0.2) is 14.3 Å². The standard InChI is InChI=1S/C19H13N3O3/c1-12-4-9-16-15(11-12)19(23)21-10-2-3-17(21)18(20-16)13-5-7-14(8-6-13)22(24)25/h2-11H,1H3. The van der Waals surface area contributed by atoms with Gasteiger partial charge in [-0.05, 0) is 43.3 Å². The molecule has 122 valence electrons. The fraction of sp³-hybridized carbons (Fsp3) is 0.0526. The molecule has 0 bridgehead atoms. The number of aromatic nitrogens is 2. The van der Waals surface area contributed by atoms with Crippen LogP contribution in [-0.2, 0) is 0 Å². The maximum absolute atomic E-state index is 12.9. The third-order valence-electron chi connectivity index (χ3n) is 4.18. The van der Waals surface area contributed by atoms with Gasteiger partial charge in [-0.2, -0.15) is 0 Å². The van der Waals surface area contributed by atoms with E-state index < -0.39 is 4.92 Å². The van der Waals surface area contributed by atoms with Gasteiger partial charge in [0, 0.05) is 23.9 Å². The first kappa shape index (κ1) is 15.0. The smallest absolute Gasteiger partial charge is 0.269 e. The van der Waals surface area contributed by atoms with Crippen molar-refractivity contribution in [3.05, 3.63) is 86.8 Å². The Morgan fingerprint density at radius 3 is 2.56 bits per heavy atom. The molecule has 6 nitrogen and oxygen atoms in total. The molecule has 6 heteroatoms. The first-order valence-corrected chi connectivity index (χ1v) is 7.71. The van der Waals surface area contributed by atoms with Crippen LogP contribution in [0.5, 0.6) is 0 Å². The van der Waals surface area contributed by atoms with Gasteiger partial charge >= 0.3 is 0 Å². The molecule has 0 saturated heterocycles. The Morgan fingerprint density at radius 1 is 1.08 bits per heavy atom. The number of aryl methyl sites for hydroxylation is 1. The molecule has 2 aromatic heterocycles. The monoisotopic (exact) mass is 331 g/mol. The number of rotatable bonds is 2. The molecule has 0 aliphatic rings. The summed E-state index contributed by atoms with van der Waals surface area (Å²) in [5.41, 5.74) is 3.43. The molecular formula is C19H13N3O3. The highest BCUT2D eigenvalue weighted by Crippen LogP contribution is 2.25. The lowest BCUT2D eigenvalue weighted by Gasteiger charge is -2.00. The molecule has 0 fully saturated rings. The quantitative estimate of drug-likeness (QED) is 0.414. The highest BCUT2D eigenvalue weighted by molar-refractivity contribution is 5.85. The summed E-state index contributed by atoms with van der Waals surface area (Å²) in [6, 6.07) is 15.3. The summed E-state index contributed by atoms with van der Waals surface area (Å²) in [6.07, 6.45) is 1.70. The molecule has 25 heavy (non-hydrogen) atoms. The van der Waals surface area contributed by atoms with Crippen LogP contribution in [0.2, 0.25) is 0 Å². The number of nitrogens with zero attached hydrogens (tertiary/aromatic N) is 3. The summed E-state index contributed by atoms with van der Waals surface area (Å²) in [5, 5.41) is 11.4. The Bertz CT molecular complexity index is 1190. The maximum atomic E-state index is 12.9. The topological polar surface area (TPSA) is 77.5 Å². The van der Waals surface area contributed by atoms with Gasteiger partial charge < -0.3 is 0 Å². The number of nitro benzene ring substituents is 1. The molecule has 4 aromatic rings. The Kier molecular flexibility index (Phi) is 3.32. The van der Waals surface area contributed by atoms with Gasteiger partial charge in [-0.3, -0.25) is 19.3 Å². The summed E-state index contributed by atoms with van der Waals surface area (Å²) >= 11 is 0. The number of hydrogen-bond acceptors (Lipinski definition) is 4. The molecule has 0 unspecified atom stereocenters. The maximum Gasteiger partial charge on any atom is 0.269 e. The Balaban J connectivity index is 2.10. The van der Waals surface area contributed by atoms with E-state index in [1.54, 1.807) is 28.8 Å². The largest absolute Gasteiger partial charge is 0.282 e. The van der Waals surface area contributed by atoms with Crippen molar-refractivity contribution < 1.29 is 4.92 Å². The van der Waals surface area contributed by atoms with Gasteiger partial charge in [0.05, 0.1) is 27.0 Å². The summed E-state index contributed by atoms with van der Waals surface area (Å²) in [4.78, 5) is 28.0. The molecule has 0 amide bonds. The second-order valence-corrected chi connectivity index (χ2v) is 5.85. The summed E-state index contributed by atoms with van der Waals surface area (Å²) in [5.74, 6) is 0. The van der Waals surface area contributed by atoms with Crippen molar-refractivity contribution in [3.63, 3.8) is 0 Å². The van der Waals surface area contributed by atoms with Gasteiger partial charge in [0.25, 0.3) is 11.2 Å². The summed E-state index contributed by atoms with van der Waals surface area (Å²) in [6.45, 7) is 1.93. The van der Waals surface area contributed by atoms with E-state index >= 15 is 0 Å². The van der Waals surface area contributed by atoms with E-state index in [-0.39, 0.29) is 11.2 Å². The van der Waals surface area contributed by atoms with E-state index in [2.05, 4.69) is 0 Å². The van der Waals surface area contributed by atoms with Crippen LogP contribution in [0, 0.1) is 17.0 Å². The zero-order valence-electron chi connectivity index (χ0n) is 13.3. The van der Waals surface area contributed by atoms with Crippen molar-refractivity contribution >= 4 is 22.1 Å². The molecular weight excluding hydrogens is 318 g/mol. The van der Waals surface area contributed by atoms with Crippen LogP contribution in [0.25, 0.3) is 27.7 Å². The van der Waals surface area contributed by atoms with Crippen molar-refractivity contribution in [1.29, 1.82) is 0 Å². The van der Waals surface area contributed by atoms with E-state index in [0.29, 0.717) is 27.7 Å². The van der Waals surface area contributed by atoms with E-state index in [9.17, 15) is 14.9 Å². The first-order valence-electron chi connectivity index (χ1n) is 7.71. The zero-order chi connectivity index (χ0) is 17.6. The van der Waals surface area contributed by atoms with Gasteiger partial charge in [0.1, 0.15) is 0 Å². The Hall–Kier alpha value is -3.54. The number of benzene rings is 2. The average molecular weight is 331 g/mol. The highest BCUT2D eigenvalue weighted by atomic mass is 16.6. The molecule has 2 aromatic carbocycles. The van der Waals surface area contributed by atoms with Crippen LogP contribution >= 0.6 is 0 Å². The molecule has 0 saturated carbocycles. The molecule has 0 spiro atoms. The molecule has 0 aliphatic heterocycles. The first-order chi connectivity index (χ1) is 12.0. The van der Waals surface area contributed by atoms with E-state index in [4.69, 9.17) is 4.98 Å². The van der Waals surface area contributed by atoms with Crippen LogP contribution in [0.4, 0.5) is 5.69 Å². The lowest BCUT2D eigenvalue weighted by molar-refractivity contribution is -0.384. The second-order valence-electron chi connectivity index (χ2n) is 5.85. The van der Waals surface area contributed by atoms with E-state index in [1.807, 2.05) is 31.2 Å². The minimum atomic E-state index is -0.441. The minimum absolute atomic E-state index is 0.0143. The molecule has 2 heterocycles. The van der Waals surface area contributed by atoms with Crippen molar-refractivity contribution in [2.24, 2.45) is 0 Å². The number of hydrogen-bond donors (Lipinski definition) is 0. The van der Waals surface area contributed by atoms with Crippen molar-refractivity contribution in [2.75, 3.05) is 0 Å². The van der Waals surface area contributed by atoms with Gasteiger partial charge in [-0.15, -0.1) is 0 Å². The Morgan fingerprint density at radius 2 is 1.84 bits per heavy atom. The molecule has 0 radical (unpaired) electrons. The fourth-order valence-electron chi connectivity index (χ4n) is 2.93. The lowest BCUT2D eigenvalue weighted by atomic mass is 10.1. The van der Waals surface area contributed by atoms with Gasteiger partial charge in [0.2, 0.25) is 0 Å². The molecule has 0 aliphatic carbocycles. The van der Waals surface area contributed by atoms with Crippen molar-refractivity contribution in [2.45, 2.75) is 6.92 Å². The highest BCUT2D eigenvalue weighted by Gasteiger charge is 2.12. The molecule has 0 atom stereocenters. The van der Waals surface area contributed by atoms with Crippen LogP contribution in [0.15, 0.2) is 65.6 Å². The van der Waals surface area contributed by atoms with Gasteiger partial charge in [-0.25, -0.2) is 4.98 Å². The fourth-order valence-corrected chi connectivity index (χ4v) is 2.93. The third kappa shape index (κ3) is 2.44. The van der Waals surface area contributed by atoms with E-state index in [1.165, 1.54) is 12.1 Å². The summed E-state index contributed by atoms with van der Waals surface area (Å²) in [7, 11) is 0.